The van der Waals surface area contributed by atoms with Gasteiger partial charge in [-0.05, 0) is 17.7 Å². The number of benzene rings is 1. The number of aromatic nitrogens is 4. The first-order valence-corrected chi connectivity index (χ1v) is 9.69. The van der Waals surface area contributed by atoms with Gasteiger partial charge < -0.3 is 0 Å². The van der Waals surface area contributed by atoms with Gasteiger partial charge in [0, 0.05) is 17.1 Å². The van der Waals surface area contributed by atoms with Crippen molar-refractivity contribution in [3.63, 3.8) is 0 Å². The van der Waals surface area contributed by atoms with Gasteiger partial charge in [-0.25, -0.2) is 9.97 Å². The summed E-state index contributed by atoms with van der Waals surface area (Å²) in [6.07, 6.45) is 4.78. The second-order valence-corrected chi connectivity index (χ2v) is 7.27. The van der Waals surface area contributed by atoms with Crippen LogP contribution in [0.2, 0.25) is 5.15 Å². The number of pyridine rings is 1. The molecular weight excluding hydrogens is 394 g/mol. The minimum atomic E-state index is -0.230. The predicted molar refractivity (Wildman–Crippen MR) is 113 cm³/mol. The molecule has 0 saturated heterocycles. The van der Waals surface area contributed by atoms with Crippen molar-refractivity contribution < 1.29 is 0 Å². The van der Waals surface area contributed by atoms with Crippen LogP contribution in [0.5, 0.6) is 0 Å². The maximum absolute atomic E-state index is 13.1. The molecule has 0 unspecified atom stereocenters. The summed E-state index contributed by atoms with van der Waals surface area (Å²) >= 11 is 7.67. The molecule has 0 spiro atoms. The Bertz CT molecular complexity index is 1400. The van der Waals surface area contributed by atoms with Crippen LogP contribution in [0, 0.1) is 0 Å². The molecule has 4 heterocycles. The summed E-state index contributed by atoms with van der Waals surface area (Å²) in [7, 11) is 0. The lowest BCUT2D eigenvalue weighted by molar-refractivity contribution is 0.818. The van der Waals surface area contributed by atoms with Crippen molar-refractivity contribution >= 4 is 45.0 Å². The van der Waals surface area contributed by atoms with Gasteiger partial charge in [-0.1, -0.05) is 48.0 Å². The zero-order valence-electron chi connectivity index (χ0n) is 14.4. The number of rotatable bonds is 3. The van der Waals surface area contributed by atoms with Crippen LogP contribution < -0.4 is 5.56 Å². The van der Waals surface area contributed by atoms with Gasteiger partial charge in [0.1, 0.15) is 22.5 Å². The highest BCUT2D eigenvalue weighted by atomic mass is 35.5. The third kappa shape index (κ3) is 2.72. The molecule has 6 nitrogen and oxygen atoms in total. The third-order valence-electron chi connectivity index (χ3n) is 4.39. The SMILES string of the molecule is O=c1c2c(-c3ccccc3)csc2ncn1N=Cc1c(Cl)nc2ccccn12. The highest BCUT2D eigenvalue weighted by molar-refractivity contribution is 7.17. The third-order valence-corrected chi connectivity index (χ3v) is 5.55. The zero-order chi connectivity index (χ0) is 19.1. The maximum atomic E-state index is 13.1. The Morgan fingerprint density at radius 3 is 2.79 bits per heavy atom. The fraction of sp³-hybridized carbons (Fsp3) is 0. The largest absolute Gasteiger partial charge is 0.297 e. The van der Waals surface area contributed by atoms with E-state index in [4.69, 9.17) is 11.6 Å². The lowest BCUT2D eigenvalue weighted by atomic mass is 10.1. The highest BCUT2D eigenvalue weighted by Crippen LogP contribution is 2.30. The summed E-state index contributed by atoms with van der Waals surface area (Å²) in [5.41, 5.74) is 2.90. The van der Waals surface area contributed by atoms with Crippen LogP contribution in [-0.4, -0.2) is 25.3 Å². The quantitative estimate of drug-likeness (QED) is 0.420. The molecule has 0 N–H and O–H groups in total. The van der Waals surface area contributed by atoms with E-state index in [1.165, 1.54) is 28.6 Å². The second-order valence-electron chi connectivity index (χ2n) is 6.05. The van der Waals surface area contributed by atoms with E-state index >= 15 is 0 Å². The van der Waals surface area contributed by atoms with Crippen molar-refractivity contribution in [2.45, 2.75) is 0 Å². The van der Waals surface area contributed by atoms with E-state index in [0.717, 1.165) is 11.1 Å². The molecule has 8 heteroatoms. The van der Waals surface area contributed by atoms with E-state index < -0.39 is 0 Å². The maximum Gasteiger partial charge on any atom is 0.283 e. The van der Waals surface area contributed by atoms with Gasteiger partial charge in [0.2, 0.25) is 0 Å². The summed E-state index contributed by atoms with van der Waals surface area (Å²) in [5.74, 6) is 0. The van der Waals surface area contributed by atoms with Crippen molar-refractivity contribution in [3.05, 3.63) is 87.6 Å². The number of fused-ring (bicyclic) bond motifs is 2. The van der Waals surface area contributed by atoms with Gasteiger partial charge >= 0.3 is 0 Å². The predicted octanol–water partition coefficient (Wildman–Crippen LogP) is 4.31. The molecule has 5 aromatic rings. The summed E-state index contributed by atoms with van der Waals surface area (Å²) in [6, 6.07) is 15.4. The van der Waals surface area contributed by atoms with Crippen molar-refractivity contribution in [2.24, 2.45) is 5.10 Å². The first kappa shape index (κ1) is 16.9. The first-order chi connectivity index (χ1) is 13.7. The normalized spacial score (nSPS) is 11.8. The molecule has 0 bridgehead atoms. The smallest absolute Gasteiger partial charge is 0.283 e. The summed E-state index contributed by atoms with van der Waals surface area (Å²) in [6.45, 7) is 0. The first-order valence-electron chi connectivity index (χ1n) is 8.43. The number of imidazole rings is 1. The average Bonchev–Trinajstić information content (AvgIpc) is 3.29. The summed E-state index contributed by atoms with van der Waals surface area (Å²) in [5, 5.41) is 7.12. The molecule has 4 aromatic heterocycles. The van der Waals surface area contributed by atoms with E-state index in [1.807, 2.05) is 64.5 Å². The van der Waals surface area contributed by atoms with E-state index in [9.17, 15) is 4.79 Å². The van der Waals surface area contributed by atoms with Crippen LogP contribution in [0.3, 0.4) is 0 Å². The Hall–Kier alpha value is -3.29. The molecule has 0 saturated carbocycles. The van der Waals surface area contributed by atoms with Crippen LogP contribution in [-0.2, 0) is 0 Å². The van der Waals surface area contributed by atoms with Crippen molar-refractivity contribution in [1.29, 1.82) is 0 Å². The molecule has 0 amide bonds. The Morgan fingerprint density at radius 1 is 1.11 bits per heavy atom. The van der Waals surface area contributed by atoms with Crippen molar-refractivity contribution in [1.82, 2.24) is 19.0 Å². The molecule has 0 aliphatic heterocycles. The van der Waals surface area contributed by atoms with E-state index in [2.05, 4.69) is 15.1 Å². The van der Waals surface area contributed by atoms with Crippen LogP contribution in [0.25, 0.3) is 27.0 Å². The number of thiophene rings is 1. The highest BCUT2D eigenvalue weighted by Gasteiger charge is 2.13. The molecule has 0 fully saturated rings. The molecule has 0 atom stereocenters. The molecule has 28 heavy (non-hydrogen) atoms. The Morgan fingerprint density at radius 2 is 1.93 bits per heavy atom. The molecule has 0 aliphatic rings. The topological polar surface area (TPSA) is 64.5 Å². The van der Waals surface area contributed by atoms with Crippen LogP contribution in [0.4, 0.5) is 0 Å². The minimum absolute atomic E-state index is 0.230. The summed E-state index contributed by atoms with van der Waals surface area (Å²) in [4.78, 5) is 22.4. The number of halogens is 1. The molecule has 0 radical (unpaired) electrons. The standard InChI is InChI=1S/C20H12ClN5OS/c21-18-15(25-9-5-4-8-16(25)24-18)10-23-26-12-22-19-17(20(26)27)14(11-28-19)13-6-2-1-3-7-13/h1-12H. The van der Waals surface area contributed by atoms with Crippen LogP contribution in [0.1, 0.15) is 5.69 Å². The van der Waals surface area contributed by atoms with Crippen molar-refractivity contribution in [3.8, 4) is 11.1 Å². The van der Waals surface area contributed by atoms with Crippen LogP contribution >= 0.6 is 22.9 Å². The minimum Gasteiger partial charge on any atom is -0.297 e. The second kappa shape index (κ2) is 6.70. The lowest BCUT2D eigenvalue weighted by Gasteiger charge is -2.01. The van der Waals surface area contributed by atoms with Gasteiger partial charge in [-0.15, -0.1) is 11.3 Å². The molecule has 136 valence electrons. The monoisotopic (exact) mass is 405 g/mol. The van der Waals surface area contributed by atoms with Gasteiger partial charge in [-0.3, -0.25) is 9.20 Å². The lowest BCUT2D eigenvalue weighted by Crippen LogP contribution is -2.17. The Labute approximate surface area is 168 Å². The van der Waals surface area contributed by atoms with Crippen LogP contribution in [0.15, 0.2) is 76.3 Å². The van der Waals surface area contributed by atoms with Crippen molar-refractivity contribution in [2.75, 3.05) is 0 Å². The summed E-state index contributed by atoms with van der Waals surface area (Å²) < 4.78 is 3.03. The van der Waals surface area contributed by atoms with Gasteiger partial charge in [-0.2, -0.15) is 9.78 Å². The molecule has 5 rings (SSSR count). The molecule has 0 aliphatic carbocycles. The van der Waals surface area contributed by atoms with Gasteiger partial charge in [0.05, 0.1) is 11.6 Å². The fourth-order valence-electron chi connectivity index (χ4n) is 3.05. The van der Waals surface area contributed by atoms with Gasteiger partial charge in [0.25, 0.3) is 5.56 Å². The average molecular weight is 406 g/mol. The van der Waals surface area contributed by atoms with E-state index in [1.54, 1.807) is 0 Å². The Kier molecular flexibility index (Phi) is 4.03. The fourth-order valence-corrected chi connectivity index (χ4v) is 4.19. The molecule has 1 aromatic carbocycles. The molecular formula is C20H12ClN5OS. The van der Waals surface area contributed by atoms with Gasteiger partial charge in [0.15, 0.2) is 5.15 Å². The number of hydrogen-bond donors (Lipinski definition) is 0. The van der Waals surface area contributed by atoms with E-state index in [0.29, 0.717) is 26.7 Å². The Balaban J connectivity index is 1.64. The number of hydrogen-bond acceptors (Lipinski definition) is 5. The number of nitrogens with zero attached hydrogens (tertiary/aromatic N) is 5. The van der Waals surface area contributed by atoms with E-state index in [-0.39, 0.29) is 5.56 Å². The zero-order valence-corrected chi connectivity index (χ0v) is 15.9.